The van der Waals surface area contributed by atoms with Gasteiger partial charge in [0.1, 0.15) is 0 Å². The van der Waals surface area contributed by atoms with Crippen molar-refractivity contribution in [2.75, 3.05) is 0 Å². The summed E-state index contributed by atoms with van der Waals surface area (Å²) in [4.78, 5) is 21.0. The maximum atomic E-state index is 10.5. The molecule has 0 fully saturated rings. The Morgan fingerprint density at radius 3 is 1.45 bits per heavy atom. The van der Waals surface area contributed by atoms with Gasteiger partial charge in [0.15, 0.2) is 0 Å². The zero-order valence-electron chi connectivity index (χ0n) is 12.7. The third kappa shape index (κ3) is 13.2. The molecule has 0 aliphatic carbocycles. The average Bonchev–Trinajstić information content (AvgIpc) is 2.35. The van der Waals surface area contributed by atoms with E-state index < -0.39 is 17.9 Å². The Labute approximate surface area is 152 Å². The molecule has 0 aliphatic rings. The SMILES string of the molecule is CCCCCCCCCCCCC(C(=O)[O-])C(=O)[O-].[Ca+2]. The molecule has 0 rings (SSSR count). The third-order valence-corrected chi connectivity index (χ3v) is 3.42. The molecule has 112 valence electrons. The number of carboxylic acid groups (broad SMARTS) is 2. The molecule has 20 heavy (non-hydrogen) atoms. The van der Waals surface area contributed by atoms with Gasteiger partial charge < -0.3 is 19.8 Å². The van der Waals surface area contributed by atoms with Crippen LogP contribution in [0.4, 0.5) is 0 Å². The molecule has 4 nitrogen and oxygen atoms in total. The molecular formula is C15H26CaO4. The summed E-state index contributed by atoms with van der Waals surface area (Å²) in [6.07, 6.45) is 11.5. The Morgan fingerprint density at radius 2 is 1.10 bits per heavy atom. The number of carbonyl (C=O) groups excluding carboxylic acids is 2. The zero-order chi connectivity index (χ0) is 14.5. The van der Waals surface area contributed by atoms with E-state index in [-0.39, 0.29) is 44.2 Å². The molecule has 0 atom stereocenters. The first-order chi connectivity index (χ1) is 9.09. The van der Waals surface area contributed by atoms with Gasteiger partial charge >= 0.3 is 37.7 Å². The zero-order valence-corrected chi connectivity index (χ0v) is 14.9. The summed E-state index contributed by atoms with van der Waals surface area (Å²) in [5.41, 5.74) is 0. The van der Waals surface area contributed by atoms with Crippen molar-refractivity contribution >= 4 is 49.7 Å². The van der Waals surface area contributed by atoms with Gasteiger partial charge in [-0.15, -0.1) is 0 Å². The molecule has 0 aromatic carbocycles. The molecule has 0 saturated heterocycles. The fourth-order valence-corrected chi connectivity index (χ4v) is 2.17. The molecule has 0 aliphatic heterocycles. The number of hydrogen-bond donors (Lipinski definition) is 0. The standard InChI is InChI=1S/C15H28O4.Ca/c1-2-3-4-5-6-7-8-9-10-11-12-13(14(16)17)15(18)19;/h13H,2-12H2,1H3,(H,16,17)(H,18,19);/q;+2/p-2. The summed E-state index contributed by atoms with van der Waals surface area (Å²) in [6.45, 7) is 2.20. The molecule has 0 unspecified atom stereocenters. The Kier molecular flexibility index (Phi) is 17.5. The predicted octanol–water partition coefficient (Wildman–Crippen LogP) is 1.03. The molecule has 0 bridgehead atoms. The van der Waals surface area contributed by atoms with Gasteiger partial charge in [-0.1, -0.05) is 71.1 Å². The fourth-order valence-electron chi connectivity index (χ4n) is 2.17. The Hall–Kier alpha value is 0.200. The van der Waals surface area contributed by atoms with E-state index in [1.807, 2.05) is 0 Å². The van der Waals surface area contributed by atoms with Crippen molar-refractivity contribution in [3.05, 3.63) is 0 Å². The number of carboxylic acids is 2. The van der Waals surface area contributed by atoms with Gasteiger partial charge in [-0.05, 0) is 6.42 Å². The normalized spacial score (nSPS) is 10.3. The minimum Gasteiger partial charge on any atom is -0.549 e. The van der Waals surface area contributed by atoms with Crippen LogP contribution in [0.2, 0.25) is 0 Å². The van der Waals surface area contributed by atoms with Crippen LogP contribution in [0, 0.1) is 5.92 Å². The molecular weight excluding hydrogens is 284 g/mol. The molecule has 0 heterocycles. The van der Waals surface area contributed by atoms with Crippen molar-refractivity contribution in [2.24, 2.45) is 5.92 Å². The van der Waals surface area contributed by atoms with Gasteiger partial charge in [0.2, 0.25) is 0 Å². The third-order valence-electron chi connectivity index (χ3n) is 3.42. The van der Waals surface area contributed by atoms with Gasteiger partial charge in [-0.25, -0.2) is 0 Å². The molecule has 0 spiro atoms. The summed E-state index contributed by atoms with van der Waals surface area (Å²) in [7, 11) is 0. The van der Waals surface area contributed by atoms with Crippen molar-refractivity contribution in [2.45, 2.75) is 77.6 Å². The van der Waals surface area contributed by atoms with Crippen molar-refractivity contribution in [3.8, 4) is 0 Å². The molecule has 0 aromatic heterocycles. The number of unbranched alkanes of at least 4 members (excludes halogenated alkanes) is 9. The number of carbonyl (C=O) groups is 2. The first kappa shape index (κ1) is 22.5. The van der Waals surface area contributed by atoms with Crippen LogP contribution in [0.15, 0.2) is 0 Å². The van der Waals surface area contributed by atoms with E-state index in [0.29, 0.717) is 6.42 Å². The summed E-state index contributed by atoms with van der Waals surface area (Å²) in [5.74, 6) is -4.51. The number of hydrogen-bond acceptors (Lipinski definition) is 4. The average molecular weight is 310 g/mol. The van der Waals surface area contributed by atoms with Crippen LogP contribution in [-0.4, -0.2) is 49.7 Å². The molecule has 0 aromatic rings. The van der Waals surface area contributed by atoms with Crippen LogP contribution in [0.25, 0.3) is 0 Å². The molecule has 0 N–H and O–H groups in total. The maximum Gasteiger partial charge on any atom is 2.00 e. The van der Waals surface area contributed by atoms with Crippen molar-refractivity contribution in [1.82, 2.24) is 0 Å². The van der Waals surface area contributed by atoms with E-state index in [1.165, 1.54) is 38.5 Å². The van der Waals surface area contributed by atoms with Gasteiger partial charge in [0.05, 0.1) is 11.9 Å². The van der Waals surface area contributed by atoms with E-state index in [9.17, 15) is 19.8 Å². The Bertz CT molecular complexity index is 242. The summed E-state index contributed by atoms with van der Waals surface area (Å²) >= 11 is 0. The van der Waals surface area contributed by atoms with Crippen LogP contribution in [0.3, 0.4) is 0 Å². The van der Waals surface area contributed by atoms with Crippen LogP contribution in [-0.2, 0) is 9.59 Å². The predicted molar refractivity (Wildman–Crippen MR) is 75.7 cm³/mol. The van der Waals surface area contributed by atoms with Crippen LogP contribution >= 0.6 is 0 Å². The van der Waals surface area contributed by atoms with Crippen LogP contribution in [0.5, 0.6) is 0 Å². The topological polar surface area (TPSA) is 80.3 Å². The maximum absolute atomic E-state index is 10.5. The van der Waals surface area contributed by atoms with Gasteiger partial charge in [0.25, 0.3) is 0 Å². The van der Waals surface area contributed by atoms with E-state index in [0.717, 1.165) is 19.3 Å². The fraction of sp³-hybridized carbons (Fsp3) is 0.867. The quantitative estimate of drug-likeness (QED) is 0.289. The largest absolute Gasteiger partial charge is 2.00 e. The monoisotopic (exact) mass is 310 g/mol. The van der Waals surface area contributed by atoms with Crippen molar-refractivity contribution in [1.29, 1.82) is 0 Å². The van der Waals surface area contributed by atoms with Crippen LogP contribution < -0.4 is 10.2 Å². The second kappa shape index (κ2) is 15.6. The van der Waals surface area contributed by atoms with Gasteiger partial charge in [-0.3, -0.25) is 0 Å². The van der Waals surface area contributed by atoms with Crippen molar-refractivity contribution < 1.29 is 19.8 Å². The minimum atomic E-state index is -1.53. The van der Waals surface area contributed by atoms with E-state index in [2.05, 4.69) is 6.92 Å². The molecule has 0 amide bonds. The van der Waals surface area contributed by atoms with E-state index in [1.54, 1.807) is 0 Å². The Morgan fingerprint density at radius 1 is 0.750 bits per heavy atom. The smallest absolute Gasteiger partial charge is 0.549 e. The molecule has 0 radical (unpaired) electrons. The molecule has 5 heteroatoms. The van der Waals surface area contributed by atoms with Gasteiger partial charge in [-0.2, -0.15) is 0 Å². The Balaban J connectivity index is 0. The second-order valence-corrected chi connectivity index (χ2v) is 5.16. The van der Waals surface area contributed by atoms with Crippen LogP contribution in [0.1, 0.15) is 77.6 Å². The molecule has 0 saturated carbocycles. The van der Waals surface area contributed by atoms with Crippen molar-refractivity contribution in [3.63, 3.8) is 0 Å². The summed E-state index contributed by atoms with van der Waals surface area (Å²) in [6, 6.07) is 0. The van der Waals surface area contributed by atoms with E-state index in [4.69, 9.17) is 0 Å². The summed E-state index contributed by atoms with van der Waals surface area (Å²) < 4.78 is 0. The minimum absolute atomic E-state index is 0. The first-order valence-corrected chi connectivity index (χ1v) is 7.51. The number of aliphatic carboxylic acids is 2. The summed E-state index contributed by atoms with van der Waals surface area (Å²) in [5, 5.41) is 21.0. The first-order valence-electron chi connectivity index (χ1n) is 7.51. The number of rotatable bonds is 13. The van der Waals surface area contributed by atoms with Gasteiger partial charge in [0, 0.05) is 5.92 Å². The second-order valence-electron chi connectivity index (χ2n) is 5.16. The van der Waals surface area contributed by atoms with E-state index >= 15 is 0 Å².